The summed E-state index contributed by atoms with van der Waals surface area (Å²) in [6.45, 7) is 1.69. The van der Waals surface area contributed by atoms with Crippen LogP contribution in [0.2, 0.25) is 0 Å². The van der Waals surface area contributed by atoms with E-state index < -0.39 is 17.5 Å². The predicted octanol–water partition coefficient (Wildman–Crippen LogP) is 4.01. The minimum absolute atomic E-state index is 0.229. The van der Waals surface area contributed by atoms with Crippen LogP contribution in [-0.2, 0) is 0 Å². The molecule has 21 heavy (non-hydrogen) atoms. The Balaban J connectivity index is 2.04. The topological polar surface area (TPSA) is 44.9 Å². The molecule has 2 N–H and O–H groups in total. The monoisotopic (exact) mass is 286 g/mol. The number of anilines is 1. The fourth-order valence-electron chi connectivity index (χ4n) is 2.38. The van der Waals surface area contributed by atoms with E-state index in [0.717, 1.165) is 0 Å². The first-order chi connectivity index (χ1) is 10.1. The normalized spacial score (nSPS) is 10.8. The molecule has 1 heterocycles. The Morgan fingerprint density at radius 2 is 1.90 bits per heavy atom. The maximum absolute atomic E-state index is 14.0. The molecule has 3 rings (SSSR count). The summed E-state index contributed by atoms with van der Waals surface area (Å²) in [6, 6.07) is 10.1. The minimum atomic E-state index is -0.477. The zero-order valence-electron chi connectivity index (χ0n) is 11.2. The number of nitrogens with one attached hydrogen (secondary N) is 2. The Morgan fingerprint density at radius 1 is 1.14 bits per heavy atom. The molecule has 0 aliphatic heterocycles. The lowest BCUT2D eigenvalue weighted by Gasteiger charge is -2.06. The highest BCUT2D eigenvalue weighted by Gasteiger charge is 2.19. The third-order valence-electron chi connectivity index (χ3n) is 3.27. The van der Waals surface area contributed by atoms with Crippen LogP contribution < -0.4 is 5.32 Å². The first-order valence-corrected chi connectivity index (χ1v) is 6.40. The summed E-state index contributed by atoms with van der Waals surface area (Å²) in [7, 11) is 0. The number of amides is 1. The molecule has 106 valence electrons. The van der Waals surface area contributed by atoms with E-state index in [2.05, 4.69) is 10.3 Å². The quantitative estimate of drug-likeness (QED) is 0.734. The molecule has 3 aromatic rings. The number of aromatic nitrogens is 1. The molecule has 1 amide bonds. The van der Waals surface area contributed by atoms with E-state index in [4.69, 9.17) is 0 Å². The molecular formula is C16H12F2N2O. The van der Waals surface area contributed by atoms with Gasteiger partial charge in [0.15, 0.2) is 0 Å². The van der Waals surface area contributed by atoms with Crippen molar-refractivity contribution in [2.75, 3.05) is 5.32 Å². The van der Waals surface area contributed by atoms with Gasteiger partial charge in [-0.2, -0.15) is 0 Å². The minimum Gasteiger partial charge on any atom is -0.358 e. The molecule has 0 aliphatic carbocycles. The molecule has 0 atom stereocenters. The first kappa shape index (κ1) is 13.3. The molecule has 1 aromatic heterocycles. The Bertz CT molecular complexity index is 839. The molecule has 0 radical (unpaired) electrons. The second kappa shape index (κ2) is 5.01. The number of carbonyl (C=O) groups excluding carboxylic acids is 1. The molecule has 5 heteroatoms. The first-order valence-electron chi connectivity index (χ1n) is 6.40. The van der Waals surface area contributed by atoms with Crippen molar-refractivity contribution in [2.24, 2.45) is 0 Å². The van der Waals surface area contributed by atoms with Crippen molar-refractivity contribution in [3.8, 4) is 0 Å². The van der Waals surface area contributed by atoms with E-state index >= 15 is 0 Å². The van der Waals surface area contributed by atoms with Crippen molar-refractivity contribution in [3.05, 3.63) is 65.4 Å². The molecule has 0 saturated carbocycles. The summed E-state index contributed by atoms with van der Waals surface area (Å²) in [6.07, 6.45) is 0. The lowest BCUT2D eigenvalue weighted by Crippen LogP contribution is -2.13. The number of hydrogen-bond acceptors (Lipinski definition) is 1. The lowest BCUT2D eigenvalue weighted by atomic mass is 10.1. The number of aryl methyl sites for hydroxylation is 1. The van der Waals surface area contributed by atoms with Crippen molar-refractivity contribution >= 4 is 22.5 Å². The maximum atomic E-state index is 14.0. The van der Waals surface area contributed by atoms with Gasteiger partial charge in [-0.1, -0.05) is 12.1 Å². The van der Waals surface area contributed by atoms with Crippen molar-refractivity contribution in [3.63, 3.8) is 0 Å². The van der Waals surface area contributed by atoms with Gasteiger partial charge in [-0.15, -0.1) is 0 Å². The summed E-state index contributed by atoms with van der Waals surface area (Å²) < 4.78 is 27.1. The largest absolute Gasteiger partial charge is 0.358 e. The Morgan fingerprint density at radius 3 is 2.67 bits per heavy atom. The molecule has 0 bridgehead atoms. The second-order valence-electron chi connectivity index (χ2n) is 4.75. The summed E-state index contributed by atoms with van der Waals surface area (Å²) in [5.41, 5.74) is 1.67. The van der Waals surface area contributed by atoms with Crippen LogP contribution >= 0.6 is 0 Å². The molecule has 0 saturated heterocycles. The number of aromatic amines is 1. The zero-order chi connectivity index (χ0) is 15.0. The number of halogens is 2. The van der Waals surface area contributed by atoms with Gasteiger partial charge in [0.05, 0.1) is 5.56 Å². The highest BCUT2D eigenvalue weighted by Crippen LogP contribution is 2.25. The Kier molecular flexibility index (Phi) is 3.17. The molecule has 0 unspecified atom stereocenters. The Labute approximate surface area is 119 Å². The highest BCUT2D eigenvalue weighted by molar-refractivity contribution is 6.14. The summed E-state index contributed by atoms with van der Waals surface area (Å²) in [5, 5.41) is 2.82. The number of benzene rings is 2. The third kappa shape index (κ3) is 2.38. The van der Waals surface area contributed by atoms with Gasteiger partial charge in [-0.25, -0.2) is 8.78 Å². The average molecular weight is 286 g/mol. The van der Waals surface area contributed by atoms with Gasteiger partial charge in [0.1, 0.15) is 11.6 Å². The van der Waals surface area contributed by atoms with Crippen LogP contribution in [0.25, 0.3) is 10.9 Å². The van der Waals surface area contributed by atoms with E-state index in [1.54, 1.807) is 25.1 Å². The lowest BCUT2D eigenvalue weighted by molar-refractivity contribution is 0.102. The van der Waals surface area contributed by atoms with Gasteiger partial charge in [0, 0.05) is 22.3 Å². The Hall–Kier alpha value is -2.69. The van der Waals surface area contributed by atoms with Crippen LogP contribution in [0.5, 0.6) is 0 Å². The zero-order valence-corrected chi connectivity index (χ0v) is 11.2. The molecule has 0 fully saturated rings. The average Bonchev–Trinajstić information content (AvgIpc) is 2.76. The van der Waals surface area contributed by atoms with Gasteiger partial charge in [-0.05, 0) is 37.3 Å². The van der Waals surface area contributed by atoms with Crippen molar-refractivity contribution in [1.29, 1.82) is 0 Å². The molecule has 0 aliphatic rings. The predicted molar refractivity (Wildman–Crippen MR) is 77.3 cm³/mol. The van der Waals surface area contributed by atoms with E-state index in [9.17, 15) is 13.6 Å². The van der Waals surface area contributed by atoms with Crippen molar-refractivity contribution < 1.29 is 13.6 Å². The van der Waals surface area contributed by atoms with Gasteiger partial charge in [0.2, 0.25) is 0 Å². The van der Waals surface area contributed by atoms with Gasteiger partial charge in [0.25, 0.3) is 5.91 Å². The van der Waals surface area contributed by atoms with Crippen LogP contribution in [0, 0.1) is 18.6 Å². The van der Waals surface area contributed by atoms with Crippen LogP contribution in [0.1, 0.15) is 16.1 Å². The molecule has 3 nitrogen and oxygen atoms in total. The van der Waals surface area contributed by atoms with Gasteiger partial charge < -0.3 is 10.3 Å². The molecular weight excluding hydrogens is 274 g/mol. The summed E-state index contributed by atoms with van der Waals surface area (Å²) in [4.78, 5) is 15.3. The standard InChI is InChI=1S/C16H12F2N2O/c1-9-14(15-12(18)6-3-7-13(15)19-9)16(21)20-11-5-2-4-10(17)8-11/h2-8,19H,1H3,(H,20,21). The smallest absolute Gasteiger partial charge is 0.258 e. The summed E-state index contributed by atoms with van der Waals surface area (Å²) in [5.74, 6) is -1.40. The number of rotatable bonds is 2. The van der Waals surface area contributed by atoms with E-state index in [-0.39, 0.29) is 10.9 Å². The second-order valence-corrected chi connectivity index (χ2v) is 4.75. The van der Waals surface area contributed by atoms with E-state index in [1.165, 1.54) is 24.3 Å². The molecule has 0 spiro atoms. The maximum Gasteiger partial charge on any atom is 0.258 e. The number of carbonyl (C=O) groups is 1. The van der Waals surface area contributed by atoms with Gasteiger partial charge in [-0.3, -0.25) is 4.79 Å². The fourth-order valence-corrected chi connectivity index (χ4v) is 2.38. The van der Waals surface area contributed by atoms with Crippen LogP contribution in [0.15, 0.2) is 42.5 Å². The summed E-state index contributed by atoms with van der Waals surface area (Å²) >= 11 is 0. The number of H-pyrrole nitrogens is 1. The van der Waals surface area contributed by atoms with Crippen molar-refractivity contribution in [1.82, 2.24) is 4.98 Å². The van der Waals surface area contributed by atoms with Crippen molar-refractivity contribution in [2.45, 2.75) is 6.92 Å². The molecule has 2 aromatic carbocycles. The van der Waals surface area contributed by atoms with Crippen LogP contribution in [0.3, 0.4) is 0 Å². The number of fused-ring (bicyclic) bond motifs is 1. The number of hydrogen-bond donors (Lipinski definition) is 2. The van der Waals surface area contributed by atoms with E-state index in [0.29, 0.717) is 16.9 Å². The van der Waals surface area contributed by atoms with Gasteiger partial charge >= 0.3 is 0 Å². The van der Waals surface area contributed by atoms with E-state index in [1.807, 2.05) is 0 Å². The fraction of sp³-hybridized carbons (Fsp3) is 0.0625. The third-order valence-corrected chi connectivity index (χ3v) is 3.27. The SMILES string of the molecule is Cc1[nH]c2cccc(F)c2c1C(=O)Nc1cccc(F)c1. The highest BCUT2D eigenvalue weighted by atomic mass is 19.1. The van der Waals surface area contributed by atoms with Crippen LogP contribution in [0.4, 0.5) is 14.5 Å². The van der Waals surface area contributed by atoms with Crippen LogP contribution in [-0.4, -0.2) is 10.9 Å².